The zero-order chi connectivity index (χ0) is 16.6. The molecule has 4 nitrogen and oxygen atoms in total. The van der Waals surface area contributed by atoms with Gasteiger partial charge in [0.1, 0.15) is 11.3 Å². The molecule has 1 heterocycles. The van der Waals surface area contributed by atoms with Crippen LogP contribution in [0.25, 0.3) is 11.0 Å². The summed E-state index contributed by atoms with van der Waals surface area (Å²) in [6.45, 7) is 5.65. The monoisotopic (exact) mass is 307 g/mol. The van der Waals surface area contributed by atoms with Gasteiger partial charge in [-0.05, 0) is 32.9 Å². The number of rotatable bonds is 4. The molecule has 0 atom stereocenters. The van der Waals surface area contributed by atoms with Crippen LogP contribution in [0.4, 0.5) is 8.78 Å². The maximum Gasteiger partial charge on any atom is 0.223 e. The molecule has 1 aromatic heterocycles. The molecule has 2 aromatic rings. The number of benzene rings is 1. The molecule has 0 amide bonds. The number of ketones is 1. The lowest BCUT2D eigenvalue weighted by molar-refractivity contribution is 0.100. The van der Waals surface area contributed by atoms with Crippen molar-refractivity contribution in [2.45, 2.75) is 26.8 Å². The zero-order valence-electron chi connectivity index (χ0n) is 13.3. The van der Waals surface area contributed by atoms with Crippen LogP contribution in [0.2, 0.25) is 0 Å². The van der Waals surface area contributed by atoms with Crippen molar-refractivity contribution in [2.75, 3.05) is 14.1 Å². The Kier molecular flexibility index (Phi) is 4.30. The lowest BCUT2D eigenvalue weighted by Gasteiger charge is -2.11. The van der Waals surface area contributed by atoms with Crippen LogP contribution in [-0.4, -0.2) is 34.3 Å². The highest BCUT2D eigenvalue weighted by Gasteiger charge is 2.19. The van der Waals surface area contributed by atoms with Gasteiger partial charge in [-0.3, -0.25) is 4.79 Å². The van der Waals surface area contributed by atoms with Crippen molar-refractivity contribution >= 4 is 16.8 Å². The Balaban J connectivity index is 2.62. The second kappa shape index (κ2) is 5.87. The Hall–Kier alpha value is -2.24. The molecule has 0 N–H and O–H groups in total. The van der Waals surface area contributed by atoms with Gasteiger partial charge in [0.05, 0.1) is 5.52 Å². The molecule has 0 aliphatic rings. The molecular weight excluding hydrogens is 288 g/mol. The fourth-order valence-corrected chi connectivity index (χ4v) is 2.47. The van der Waals surface area contributed by atoms with Crippen LogP contribution in [0.15, 0.2) is 24.2 Å². The number of nitrogens with zero attached hydrogens (tertiary/aromatic N) is 3. The Morgan fingerprint density at radius 3 is 2.55 bits per heavy atom. The molecule has 0 bridgehead atoms. The third-order valence-electron chi connectivity index (χ3n) is 3.29. The third-order valence-corrected chi connectivity index (χ3v) is 3.29. The Bertz CT molecular complexity index is 760. The first-order chi connectivity index (χ1) is 10.2. The minimum absolute atomic E-state index is 0.0256. The second-order valence-corrected chi connectivity index (χ2v) is 5.72. The fourth-order valence-electron chi connectivity index (χ4n) is 2.47. The molecule has 118 valence electrons. The highest BCUT2D eigenvalue weighted by Crippen LogP contribution is 2.25. The number of aromatic nitrogens is 2. The summed E-state index contributed by atoms with van der Waals surface area (Å²) < 4.78 is 29.9. The second-order valence-electron chi connectivity index (χ2n) is 5.72. The summed E-state index contributed by atoms with van der Waals surface area (Å²) in [5.74, 6) is -1.75. The van der Waals surface area contributed by atoms with E-state index < -0.39 is 17.4 Å². The van der Waals surface area contributed by atoms with Gasteiger partial charge in [0.25, 0.3) is 0 Å². The number of carbonyl (C=O) groups excluding carboxylic acids is 1. The van der Waals surface area contributed by atoms with Crippen molar-refractivity contribution in [3.63, 3.8) is 0 Å². The van der Waals surface area contributed by atoms with E-state index in [0.717, 1.165) is 12.3 Å². The number of carbonyl (C=O) groups is 1. The molecule has 22 heavy (non-hydrogen) atoms. The quantitative estimate of drug-likeness (QED) is 0.639. The Morgan fingerprint density at radius 1 is 1.36 bits per heavy atom. The first-order valence-corrected chi connectivity index (χ1v) is 6.99. The molecular formula is C16H19F2N3O. The molecule has 1 aromatic carbocycles. The van der Waals surface area contributed by atoms with E-state index in [-0.39, 0.29) is 17.1 Å². The summed E-state index contributed by atoms with van der Waals surface area (Å²) in [6, 6.07) is 2.58. The number of allylic oxidation sites excluding steroid dienone is 1. The minimum Gasteiger partial charge on any atom is -0.381 e. The lowest BCUT2D eigenvalue weighted by atomic mass is 10.1. The summed E-state index contributed by atoms with van der Waals surface area (Å²) >= 11 is 0. The van der Waals surface area contributed by atoms with E-state index in [1.54, 1.807) is 21.0 Å². The number of imidazole rings is 1. The number of Topliss-reactive ketones (excluding diaryl/α,β-unsaturated/α-hetero) is 1. The zero-order valence-corrected chi connectivity index (χ0v) is 13.3. The van der Waals surface area contributed by atoms with Gasteiger partial charge in [0.15, 0.2) is 11.6 Å². The molecule has 6 heteroatoms. The van der Waals surface area contributed by atoms with E-state index >= 15 is 0 Å². The topological polar surface area (TPSA) is 38.1 Å². The average molecular weight is 307 g/mol. The van der Waals surface area contributed by atoms with Crippen molar-refractivity contribution in [2.24, 2.45) is 0 Å². The molecule has 2 rings (SSSR count). The van der Waals surface area contributed by atoms with Gasteiger partial charge in [0, 0.05) is 31.9 Å². The summed E-state index contributed by atoms with van der Waals surface area (Å²) in [4.78, 5) is 17.7. The van der Waals surface area contributed by atoms with E-state index in [0.29, 0.717) is 11.3 Å². The number of aryl methyl sites for hydroxylation is 1. The Labute approximate surface area is 128 Å². The largest absolute Gasteiger partial charge is 0.381 e. The number of hydrogen-bond donors (Lipinski definition) is 0. The third kappa shape index (κ3) is 2.86. The van der Waals surface area contributed by atoms with Gasteiger partial charge >= 0.3 is 0 Å². The van der Waals surface area contributed by atoms with Crippen molar-refractivity contribution in [1.29, 1.82) is 0 Å². The normalized spacial score (nSPS) is 12.3. The van der Waals surface area contributed by atoms with Crippen molar-refractivity contribution in [3.8, 4) is 0 Å². The molecule has 0 saturated carbocycles. The number of hydrogen-bond acceptors (Lipinski definition) is 3. The van der Waals surface area contributed by atoms with Gasteiger partial charge in [-0.15, -0.1) is 0 Å². The van der Waals surface area contributed by atoms with Gasteiger partial charge < -0.3 is 9.47 Å². The summed E-state index contributed by atoms with van der Waals surface area (Å²) in [5, 5.41) is 0. The Morgan fingerprint density at radius 2 is 2.00 bits per heavy atom. The van der Waals surface area contributed by atoms with Gasteiger partial charge in [-0.2, -0.15) is 0 Å². The van der Waals surface area contributed by atoms with E-state index in [9.17, 15) is 13.6 Å². The molecule has 0 unspecified atom stereocenters. The van der Waals surface area contributed by atoms with Crippen LogP contribution in [0.5, 0.6) is 0 Å². The maximum atomic E-state index is 14.2. The van der Waals surface area contributed by atoms with E-state index in [4.69, 9.17) is 0 Å². The first kappa shape index (κ1) is 16.1. The summed E-state index contributed by atoms with van der Waals surface area (Å²) in [7, 11) is 3.21. The predicted molar refractivity (Wildman–Crippen MR) is 82.0 cm³/mol. The smallest absolute Gasteiger partial charge is 0.223 e. The van der Waals surface area contributed by atoms with E-state index in [2.05, 4.69) is 4.98 Å². The summed E-state index contributed by atoms with van der Waals surface area (Å²) in [5.41, 5.74) is 0.663. The van der Waals surface area contributed by atoms with Crippen molar-refractivity contribution < 1.29 is 13.6 Å². The van der Waals surface area contributed by atoms with Gasteiger partial charge in [-0.25, -0.2) is 13.8 Å². The van der Waals surface area contributed by atoms with Gasteiger partial charge in [-0.1, -0.05) is 0 Å². The fraction of sp³-hybridized carbons (Fsp3) is 0.375. The summed E-state index contributed by atoms with van der Waals surface area (Å²) in [6.07, 6.45) is 1.06. The van der Waals surface area contributed by atoms with Crippen LogP contribution < -0.4 is 0 Å². The SMILES string of the molecule is Cc1nc2c(F)cc(C(=O)/C(F)=C/N(C)C)cc2n1C(C)C. The molecule has 0 fully saturated rings. The van der Waals surface area contributed by atoms with Gasteiger partial charge in [0.2, 0.25) is 5.78 Å². The van der Waals surface area contributed by atoms with E-state index in [1.165, 1.54) is 11.0 Å². The highest BCUT2D eigenvalue weighted by atomic mass is 19.1. The molecule has 0 radical (unpaired) electrons. The average Bonchev–Trinajstić information content (AvgIpc) is 2.73. The molecule has 0 aliphatic heterocycles. The number of halogens is 2. The van der Waals surface area contributed by atoms with Crippen LogP contribution in [0, 0.1) is 12.7 Å². The van der Waals surface area contributed by atoms with Crippen LogP contribution in [0.1, 0.15) is 36.1 Å². The first-order valence-electron chi connectivity index (χ1n) is 6.99. The minimum atomic E-state index is -0.934. The number of fused-ring (bicyclic) bond motifs is 1. The van der Waals surface area contributed by atoms with Crippen LogP contribution >= 0.6 is 0 Å². The maximum absolute atomic E-state index is 14.2. The molecule has 0 spiro atoms. The van der Waals surface area contributed by atoms with Crippen molar-refractivity contribution in [1.82, 2.24) is 14.5 Å². The van der Waals surface area contributed by atoms with Crippen LogP contribution in [-0.2, 0) is 0 Å². The van der Waals surface area contributed by atoms with Crippen molar-refractivity contribution in [3.05, 3.63) is 41.4 Å². The standard InChI is InChI=1S/C16H19F2N3O/c1-9(2)21-10(3)19-15-12(17)6-11(7-14(15)21)16(22)13(18)8-20(4)5/h6-9H,1-5H3/b13-8-. The molecule has 0 aliphatic carbocycles. The highest BCUT2D eigenvalue weighted by molar-refractivity contribution is 6.08. The lowest BCUT2D eigenvalue weighted by Crippen LogP contribution is -2.08. The molecule has 0 saturated heterocycles. The predicted octanol–water partition coefficient (Wildman–Crippen LogP) is 3.62. The van der Waals surface area contributed by atoms with E-state index in [1.807, 2.05) is 18.4 Å². The van der Waals surface area contributed by atoms with Crippen LogP contribution in [0.3, 0.4) is 0 Å².